The number of hydrogen-bond donors (Lipinski definition) is 0. The van der Waals surface area contributed by atoms with Crippen molar-refractivity contribution in [3.05, 3.63) is 95.3 Å². The van der Waals surface area contributed by atoms with Gasteiger partial charge in [-0.05, 0) is 43.3 Å². The molecule has 0 N–H and O–H groups in total. The van der Waals surface area contributed by atoms with E-state index in [0.717, 1.165) is 43.8 Å². The van der Waals surface area contributed by atoms with Crippen molar-refractivity contribution in [1.29, 1.82) is 0 Å². The van der Waals surface area contributed by atoms with E-state index >= 15 is 0 Å². The molecule has 34 heavy (non-hydrogen) atoms. The summed E-state index contributed by atoms with van der Waals surface area (Å²) in [5.41, 5.74) is 4.92. The third-order valence-corrected chi connectivity index (χ3v) is 6.52. The van der Waals surface area contributed by atoms with E-state index in [0.29, 0.717) is 11.6 Å². The number of ether oxygens (including phenoxy) is 2. The van der Waals surface area contributed by atoms with Crippen LogP contribution in [0.4, 0.5) is 0 Å². The van der Waals surface area contributed by atoms with Crippen LogP contribution in [-0.4, -0.2) is 33.3 Å². The van der Waals surface area contributed by atoms with Crippen LogP contribution in [-0.2, 0) is 11.3 Å². The molecule has 0 fully saturated rings. The van der Waals surface area contributed by atoms with Crippen LogP contribution in [0.5, 0.6) is 5.75 Å². The topological polar surface area (TPSA) is 53.6 Å². The predicted octanol–water partition coefficient (Wildman–Crippen LogP) is 6.34. The molecule has 5 rings (SSSR count). The van der Waals surface area contributed by atoms with Crippen molar-refractivity contribution in [2.75, 3.05) is 13.9 Å². The van der Waals surface area contributed by atoms with Gasteiger partial charge < -0.3 is 9.47 Å². The lowest BCUT2D eigenvalue weighted by Crippen LogP contribution is -2.09. The van der Waals surface area contributed by atoms with Crippen LogP contribution in [0.2, 0.25) is 5.02 Å². The molecule has 8 heteroatoms. The number of hydrogen-bond acceptors (Lipinski definition) is 5. The van der Waals surface area contributed by atoms with Crippen LogP contribution >= 0.6 is 23.4 Å². The average Bonchev–Trinajstić information content (AvgIpc) is 3.42. The number of pyridine rings is 1. The number of methoxy groups -OCH3 is 1. The van der Waals surface area contributed by atoms with E-state index in [1.807, 2.05) is 70.7 Å². The molecule has 3 heterocycles. The first-order chi connectivity index (χ1) is 16.6. The molecule has 0 atom stereocenters. The van der Waals surface area contributed by atoms with Gasteiger partial charge in [0.1, 0.15) is 10.8 Å². The van der Waals surface area contributed by atoms with Crippen LogP contribution in [0.3, 0.4) is 0 Å². The lowest BCUT2D eigenvalue weighted by molar-refractivity contribution is 0.0491. The average molecular weight is 491 g/mol. The highest BCUT2D eigenvalue weighted by Crippen LogP contribution is 2.34. The first-order valence-electron chi connectivity index (χ1n) is 10.8. The summed E-state index contributed by atoms with van der Waals surface area (Å²) in [6, 6.07) is 26.0. The Morgan fingerprint density at radius 3 is 2.56 bits per heavy atom. The Kier molecular flexibility index (Phi) is 6.58. The first-order valence-corrected chi connectivity index (χ1v) is 12.0. The zero-order chi connectivity index (χ0) is 23.5. The molecule has 0 aliphatic rings. The van der Waals surface area contributed by atoms with Gasteiger partial charge in [-0.3, -0.25) is 4.68 Å². The largest absolute Gasteiger partial charge is 0.466 e. The van der Waals surface area contributed by atoms with Gasteiger partial charge in [0.25, 0.3) is 0 Å². The van der Waals surface area contributed by atoms with Gasteiger partial charge in [0.05, 0.1) is 28.3 Å². The molecule has 0 aliphatic carbocycles. The van der Waals surface area contributed by atoms with Gasteiger partial charge in [-0.2, -0.15) is 10.2 Å². The number of aromatic nitrogens is 4. The van der Waals surface area contributed by atoms with E-state index in [1.54, 1.807) is 18.9 Å². The smallest absolute Gasteiger partial charge is 0.188 e. The SMILES string of the molecule is COCOc1ccccc1Sc1cc(C)n(Cc2cc(Cl)cc3cc(-c4ccccc4)nn23)n1. The van der Waals surface area contributed by atoms with Crippen LogP contribution in [0.1, 0.15) is 11.4 Å². The van der Waals surface area contributed by atoms with E-state index in [1.165, 1.54) is 0 Å². The Labute approximate surface area is 207 Å². The van der Waals surface area contributed by atoms with E-state index in [-0.39, 0.29) is 6.79 Å². The minimum atomic E-state index is 0.199. The number of fused-ring (bicyclic) bond motifs is 1. The quantitative estimate of drug-likeness (QED) is 0.237. The fourth-order valence-corrected chi connectivity index (χ4v) is 4.93. The Balaban J connectivity index is 1.43. The second kappa shape index (κ2) is 9.93. The Morgan fingerprint density at radius 2 is 1.74 bits per heavy atom. The highest BCUT2D eigenvalue weighted by atomic mass is 35.5. The van der Waals surface area contributed by atoms with Crippen molar-refractivity contribution >= 4 is 28.9 Å². The Morgan fingerprint density at radius 1 is 0.941 bits per heavy atom. The molecule has 0 unspecified atom stereocenters. The van der Waals surface area contributed by atoms with Gasteiger partial charge >= 0.3 is 0 Å². The number of benzene rings is 2. The van der Waals surface area contributed by atoms with E-state index in [2.05, 4.69) is 24.3 Å². The molecule has 0 aliphatic heterocycles. The molecule has 6 nitrogen and oxygen atoms in total. The number of aryl methyl sites for hydroxylation is 1. The third-order valence-electron chi connectivity index (χ3n) is 5.34. The van der Waals surface area contributed by atoms with Crippen molar-refractivity contribution in [3.8, 4) is 17.0 Å². The number of rotatable bonds is 8. The number of nitrogens with zero attached hydrogens (tertiary/aromatic N) is 4. The highest BCUT2D eigenvalue weighted by molar-refractivity contribution is 7.99. The summed E-state index contributed by atoms with van der Waals surface area (Å²) in [6.07, 6.45) is 0. The van der Waals surface area contributed by atoms with Crippen molar-refractivity contribution in [1.82, 2.24) is 19.4 Å². The van der Waals surface area contributed by atoms with Gasteiger partial charge in [0, 0.05) is 23.4 Å². The third kappa shape index (κ3) is 4.82. The van der Waals surface area contributed by atoms with Gasteiger partial charge in [0.15, 0.2) is 6.79 Å². The summed E-state index contributed by atoms with van der Waals surface area (Å²) < 4.78 is 14.6. The molecule has 0 amide bonds. The molecule has 0 saturated carbocycles. The zero-order valence-corrected chi connectivity index (χ0v) is 20.4. The van der Waals surface area contributed by atoms with Gasteiger partial charge in [-0.1, -0.05) is 65.8 Å². The lowest BCUT2D eigenvalue weighted by atomic mass is 10.1. The molecule has 0 saturated heterocycles. The van der Waals surface area contributed by atoms with Gasteiger partial charge in [0.2, 0.25) is 0 Å². The fourth-order valence-electron chi connectivity index (χ4n) is 3.73. The second-order valence-electron chi connectivity index (χ2n) is 7.78. The maximum Gasteiger partial charge on any atom is 0.188 e. The molecular weight excluding hydrogens is 468 g/mol. The molecule has 0 spiro atoms. The van der Waals surface area contributed by atoms with Gasteiger partial charge in [-0.25, -0.2) is 4.52 Å². The van der Waals surface area contributed by atoms with E-state index in [4.69, 9.17) is 31.3 Å². The fraction of sp³-hybridized carbons (Fsp3) is 0.154. The predicted molar refractivity (Wildman–Crippen MR) is 135 cm³/mol. The molecule has 172 valence electrons. The normalized spacial score (nSPS) is 11.3. The molecule has 0 radical (unpaired) electrons. The maximum atomic E-state index is 6.46. The first kappa shape index (κ1) is 22.5. The van der Waals surface area contributed by atoms with Crippen LogP contribution in [0.15, 0.2) is 88.8 Å². The van der Waals surface area contributed by atoms with Crippen molar-refractivity contribution < 1.29 is 9.47 Å². The van der Waals surface area contributed by atoms with E-state index < -0.39 is 0 Å². The Hall–Kier alpha value is -3.26. The Bertz CT molecular complexity index is 1430. The number of para-hydroxylation sites is 1. The van der Waals surface area contributed by atoms with Crippen LogP contribution < -0.4 is 4.74 Å². The standard InChI is InChI=1S/C26H23ClN4O2S/c1-18-12-26(34-25-11-7-6-10-24(25)33-17-32-2)29-30(18)16-22-14-20(27)13-21-15-23(28-31(21)22)19-8-4-3-5-9-19/h3-15H,16-17H2,1-2H3. The van der Waals surface area contributed by atoms with Crippen molar-refractivity contribution in [2.24, 2.45) is 0 Å². The minimum Gasteiger partial charge on any atom is -0.466 e. The number of halogens is 1. The summed E-state index contributed by atoms with van der Waals surface area (Å²) in [5.74, 6) is 0.767. The summed E-state index contributed by atoms with van der Waals surface area (Å²) in [4.78, 5) is 0.980. The maximum absolute atomic E-state index is 6.46. The zero-order valence-electron chi connectivity index (χ0n) is 18.8. The van der Waals surface area contributed by atoms with Crippen molar-refractivity contribution in [2.45, 2.75) is 23.4 Å². The molecule has 2 aromatic carbocycles. The highest BCUT2D eigenvalue weighted by Gasteiger charge is 2.14. The second-order valence-corrected chi connectivity index (χ2v) is 9.28. The van der Waals surface area contributed by atoms with Crippen molar-refractivity contribution in [3.63, 3.8) is 0 Å². The summed E-state index contributed by atoms with van der Waals surface area (Å²) in [6.45, 7) is 2.79. The molecule has 0 bridgehead atoms. The van der Waals surface area contributed by atoms with E-state index in [9.17, 15) is 0 Å². The minimum absolute atomic E-state index is 0.199. The molecule has 3 aromatic heterocycles. The van der Waals surface area contributed by atoms with Crippen LogP contribution in [0, 0.1) is 6.92 Å². The molecular formula is C26H23ClN4O2S. The van der Waals surface area contributed by atoms with Gasteiger partial charge in [-0.15, -0.1) is 0 Å². The summed E-state index contributed by atoms with van der Waals surface area (Å²) in [5, 5.41) is 11.2. The monoisotopic (exact) mass is 490 g/mol. The molecule has 5 aromatic rings. The summed E-state index contributed by atoms with van der Waals surface area (Å²) >= 11 is 8.02. The van der Waals surface area contributed by atoms with Crippen LogP contribution in [0.25, 0.3) is 16.8 Å². The lowest BCUT2D eigenvalue weighted by Gasteiger charge is -2.09. The summed E-state index contributed by atoms with van der Waals surface area (Å²) in [7, 11) is 1.61.